The largest absolute Gasteiger partial charge is 0.377 e. The van der Waals surface area contributed by atoms with Crippen LogP contribution >= 0.6 is 0 Å². The molecule has 1 aromatic rings. The van der Waals surface area contributed by atoms with Gasteiger partial charge >= 0.3 is 0 Å². The van der Waals surface area contributed by atoms with Gasteiger partial charge in [0, 0.05) is 44.1 Å². The molecular formula is C20H29N3O. The van der Waals surface area contributed by atoms with E-state index in [-0.39, 0.29) is 5.41 Å². The van der Waals surface area contributed by atoms with Crippen molar-refractivity contribution in [2.75, 3.05) is 20.2 Å². The van der Waals surface area contributed by atoms with Gasteiger partial charge in [0.25, 0.3) is 0 Å². The van der Waals surface area contributed by atoms with E-state index in [0.717, 1.165) is 32.1 Å². The molecule has 0 spiro atoms. The van der Waals surface area contributed by atoms with E-state index in [1.807, 2.05) is 7.05 Å². The predicted octanol–water partition coefficient (Wildman–Crippen LogP) is 2.82. The molecule has 2 aliphatic heterocycles. The van der Waals surface area contributed by atoms with Crippen molar-refractivity contribution in [3.63, 3.8) is 0 Å². The highest BCUT2D eigenvalue weighted by Crippen LogP contribution is 2.51. The molecule has 0 amide bonds. The Hall–Kier alpha value is -1.55. The third kappa shape index (κ3) is 2.52. The smallest absolute Gasteiger partial charge is 0.194 e. The van der Waals surface area contributed by atoms with E-state index in [0.29, 0.717) is 18.1 Å². The lowest BCUT2D eigenvalue weighted by Gasteiger charge is -2.60. The third-order valence-corrected chi connectivity index (χ3v) is 6.26. The first-order valence-electron chi connectivity index (χ1n) is 9.28. The maximum absolute atomic E-state index is 6.04. The van der Waals surface area contributed by atoms with Crippen molar-refractivity contribution in [1.82, 2.24) is 10.2 Å². The van der Waals surface area contributed by atoms with Gasteiger partial charge in [0.1, 0.15) is 0 Å². The fourth-order valence-electron chi connectivity index (χ4n) is 4.93. The molecule has 0 aromatic heterocycles. The number of nitrogens with zero attached hydrogens (tertiary/aromatic N) is 2. The Morgan fingerprint density at radius 2 is 2.08 bits per heavy atom. The molecule has 1 saturated carbocycles. The van der Waals surface area contributed by atoms with E-state index >= 15 is 0 Å². The lowest BCUT2D eigenvalue weighted by molar-refractivity contribution is -0.188. The van der Waals surface area contributed by atoms with Gasteiger partial charge in [-0.05, 0) is 30.4 Å². The van der Waals surface area contributed by atoms with E-state index in [1.54, 1.807) is 0 Å². The average Bonchev–Trinajstić information content (AvgIpc) is 2.62. The van der Waals surface area contributed by atoms with Crippen LogP contribution in [0.4, 0.5) is 0 Å². The average molecular weight is 327 g/mol. The number of aliphatic imine (C=N–C) groups is 1. The summed E-state index contributed by atoms with van der Waals surface area (Å²) in [6, 6.07) is 9.23. The predicted molar refractivity (Wildman–Crippen MR) is 97.1 cm³/mol. The van der Waals surface area contributed by atoms with Crippen LogP contribution in [0, 0.1) is 11.3 Å². The molecule has 24 heavy (non-hydrogen) atoms. The second kappa shape index (κ2) is 6.07. The molecule has 0 radical (unpaired) electrons. The minimum Gasteiger partial charge on any atom is -0.377 e. The number of guanidine groups is 1. The van der Waals surface area contributed by atoms with Crippen LogP contribution in [0.2, 0.25) is 0 Å². The van der Waals surface area contributed by atoms with Gasteiger partial charge in [0.05, 0.1) is 6.10 Å². The molecule has 1 aromatic carbocycles. The number of benzene rings is 1. The first kappa shape index (κ1) is 15.9. The first-order chi connectivity index (χ1) is 11.6. The number of ether oxygens (including phenoxy) is 1. The molecule has 3 unspecified atom stereocenters. The molecular weight excluding hydrogens is 298 g/mol. The molecule has 4 rings (SSSR count). The molecule has 4 heteroatoms. The maximum Gasteiger partial charge on any atom is 0.194 e. The standard InChI is InChI=1S/C20H29N3O/c1-20(2)17(16-9-6-12-24-18(16)20)22-19(21-3)23-11-10-14-7-4-5-8-15(14)13-23/h4-5,7-8,16-18H,6,9-13H2,1-3H3,(H,21,22). The van der Waals surface area contributed by atoms with Crippen LogP contribution < -0.4 is 5.32 Å². The summed E-state index contributed by atoms with van der Waals surface area (Å²) in [6.45, 7) is 7.57. The Balaban J connectivity index is 1.47. The molecule has 130 valence electrons. The number of fused-ring (bicyclic) bond motifs is 2. The quantitative estimate of drug-likeness (QED) is 0.636. The van der Waals surface area contributed by atoms with Crippen molar-refractivity contribution in [2.45, 2.75) is 51.8 Å². The highest BCUT2D eigenvalue weighted by Gasteiger charge is 2.58. The molecule has 1 aliphatic carbocycles. The normalized spacial score (nSPS) is 31.7. The second-order valence-electron chi connectivity index (χ2n) is 8.03. The van der Waals surface area contributed by atoms with Crippen molar-refractivity contribution in [3.05, 3.63) is 35.4 Å². The minimum atomic E-state index is 0.175. The molecule has 3 aliphatic rings. The van der Waals surface area contributed by atoms with Crippen LogP contribution in [0.1, 0.15) is 37.8 Å². The lowest BCUT2D eigenvalue weighted by atomic mass is 9.55. The van der Waals surface area contributed by atoms with Gasteiger partial charge in [-0.3, -0.25) is 4.99 Å². The van der Waals surface area contributed by atoms with Crippen LogP contribution in [-0.4, -0.2) is 43.2 Å². The van der Waals surface area contributed by atoms with Gasteiger partial charge < -0.3 is 15.0 Å². The van der Waals surface area contributed by atoms with E-state index in [1.165, 1.54) is 24.0 Å². The topological polar surface area (TPSA) is 36.9 Å². The van der Waals surface area contributed by atoms with Gasteiger partial charge in [0.15, 0.2) is 5.96 Å². The number of hydrogen-bond acceptors (Lipinski definition) is 2. The fraction of sp³-hybridized carbons (Fsp3) is 0.650. The van der Waals surface area contributed by atoms with Crippen LogP contribution in [0.5, 0.6) is 0 Å². The first-order valence-corrected chi connectivity index (χ1v) is 9.28. The van der Waals surface area contributed by atoms with Crippen LogP contribution in [0.3, 0.4) is 0 Å². The minimum absolute atomic E-state index is 0.175. The molecule has 2 heterocycles. The Bertz CT molecular complexity index is 640. The zero-order valence-corrected chi connectivity index (χ0v) is 15.1. The Kier molecular flexibility index (Phi) is 4.03. The van der Waals surface area contributed by atoms with Gasteiger partial charge in [-0.15, -0.1) is 0 Å². The third-order valence-electron chi connectivity index (χ3n) is 6.26. The van der Waals surface area contributed by atoms with Gasteiger partial charge in [-0.1, -0.05) is 38.1 Å². The van der Waals surface area contributed by atoms with Gasteiger partial charge in [-0.25, -0.2) is 0 Å². The molecule has 4 nitrogen and oxygen atoms in total. The molecule has 2 fully saturated rings. The van der Waals surface area contributed by atoms with E-state index in [4.69, 9.17) is 4.74 Å². The number of nitrogens with one attached hydrogen (secondary N) is 1. The Labute approximate surface area is 145 Å². The summed E-state index contributed by atoms with van der Waals surface area (Å²) < 4.78 is 6.04. The molecule has 1 saturated heterocycles. The zero-order chi connectivity index (χ0) is 16.7. The second-order valence-corrected chi connectivity index (χ2v) is 8.03. The highest BCUT2D eigenvalue weighted by atomic mass is 16.5. The highest BCUT2D eigenvalue weighted by molar-refractivity contribution is 5.80. The maximum atomic E-state index is 6.04. The van der Waals surface area contributed by atoms with E-state index < -0.39 is 0 Å². The Morgan fingerprint density at radius 1 is 1.29 bits per heavy atom. The van der Waals surface area contributed by atoms with Crippen molar-refractivity contribution in [2.24, 2.45) is 16.3 Å². The monoisotopic (exact) mass is 327 g/mol. The van der Waals surface area contributed by atoms with Crippen LogP contribution in [0.25, 0.3) is 0 Å². The van der Waals surface area contributed by atoms with Crippen LogP contribution in [-0.2, 0) is 17.7 Å². The summed E-state index contributed by atoms with van der Waals surface area (Å²) in [7, 11) is 1.91. The SMILES string of the molecule is CN=C(NC1C2CCCOC2C1(C)C)N1CCc2ccccc2C1. The summed E-state index contributed by atoms with van der Waals surface area (Å²) >= 11 is 0. The lowest BCUT2D eigenvalue weighted by Crippen LogP contribution is -2.71. The molecule has 1 N–H and O–H groups in total. The molecule has 0 bridgehead atoms. The van der Waals surface area contributed by atoms with Gasteiger partial charge in [0.2, 0.25) is 0 Å². The zero-order valence-electron chi connectivity index (χ0n) is 15.1. The van der Waals surface area contributed by atoms with E-state index in [9.17, 15) is 0 Å². The summed E-state index contributed by atoms with van der Waals surface area (Å²) in [6.07, 6.45) is 3.96. The Morgan fingerprint density at radius 3 is 2.88 bits per heavy atom. The summed E-state index contributed by atoms with van der Waals surface area (Å²) in [5, 5.41) is 3.79. The van der Waals surface area contributed by atoms with Crippen molar-refractivity contribution in [1.29, 1.82) is 0 Å². The summed E-state index contributed by atoms with van der Waals surface area (Å²) in [4.78, 5) is 7.00. The number of hydrogen-bond donors (Lipinski definition) is 1. The van der Waals surface area contributed by atoms with Crippen molar-refractivity contribution in [3.8, 4) is 0 Å². The summed E-state index contributed by atoms with van der Waals surface area (Å²) in [5.74, 6) is 1.68. The summed E-state index contributed by atoms with van der Waals surface area (Å²) in [5.41, 5.74) is 3.08. The molecule has 3 atom stereocenters. The van der Waals surface area contributed by atoms with Gasteiger partial charge in [-0.2, -0.15) is 0 Å². The fourth-order valence-corrected chi connectivity index (χ4v) is 4.93. The van der Waals surface area contributed by atoms with E-state index in [2.05, 4.69) is 53.3 Å². The number of rotatable bonds is 1. The van der Waals surface area contributed by atoms with Crippen molar-refractivity contribution >= 4 is 5.96 Å². The van der Waals surface area contributed by atoms with Crippen molar-refractivity contribution < 1.29 is 4.74 Å². The van der Waals surface area contributed by atoms with Crippen LogP contribution in [0.15, 0.2) is 29.3 Å².